The highest BCUT2D eigenvalue weighted by Crippen LogP contribution is 2.13. The van der Waals surface area contributed by atoms with E-state index in [9.17, 15) is 0 Å². The van der Waals surface area contributed by atoms with Gasteiger partial charge in [-0.15, -0.1) is 0 Å². The number of unbranched alkanes of at least 4 members (excludes halogenated alkanes) is 18. The second-order valence-electron chi connectivity index (χ2n) is 10.2. The average molecular weight is 448 g/mol. The highest BCUT2D eigenvalue weighted by atomic mass is 15.1. The molecule has 0 aliphatic rings. The molecule has 1 aromatic rings. The minimum Gasteiger partial charge on any atom is -0.234 e. The van der Waals surface area contributed by atoms with Crippen molar-refractivity contribution in [2.75, 3.05) is 0 Å². The van der Waals surface area contributed by atoms with E-state index < -0.39 is 0 Å². The van der Waals surface area contributed by atoms with Crippen LogP contribution in [0.1, 0.15) is 161 Å². The first-order chi connectivity index (χ1) is 15.8. The molecule has 0 N–H and O–H groups in total. The normalized spacial score (nSPS) is 11.5. The summed E-state index contributed by atoms with van der Waals surface area (Å²) in [5.74, 6) is 1.58. The van der Waals surface area contributed by atoms with Crippen molar-refractivity contribution in [3.63, 3.8) is 0 Å². The molecule has 0 saturated carbocycles. The van der Waals surface area contributed by atoms with Gasteiger partial charge in [0.05, 0.1) is 13.1 Å². The second-order valence-corrected chi connectivity index (χ2v) is 10.2. The molecule has 0 saturated heterocycles. The van der Waals surface area contributed by atoms with Gasteiger partial charge in [0.15, 0.2) is 0 Å². The van der Waals surface area contributed by atoms with E-state index in [1.54, 1.807) is 5.82 Å². The lowest BCUT2D eigenvalue weighted by atomic mass is 10.0. The minimum absolute atomic E-state index is 1.22. The van der Waals surface area contributed by atoms with Gasteiger partial charge in [-0.2, -0.15) is 0 Å². The minimum atomic E-state index is 1.22. The molecule has 0 aromatic carbocycles. The van der Waals surface area contributed by atoms with Crippen molar-refractivity contribution in [2.24, 2.45) is 0 Å². The number of rotatable bonds is 24. The van der Waals surface area contributed by atoms with Crippen molar-refractivity contribution >= 4 is 0 Å². The molecule has 0 fully saturated rings. The van der Waals surface area contributed by atoms with E-state index in [-0.39, 0.29) is 0 Å². The third kappa shape index (κ3) is 15.1. The Balaban J connectivity index is 2.14. The summed E-state index contributed by atoms with van der Waals surface area (Å²) in [6.07, 6.45) is 35.6. The lowest BCUT2D eigenvalue weighted by Gasteiger charge is -2.06. The van der Waals surface area contributed by atoms with Crippen LogP contribution in [-0.4, -0.2) is 4.57 Å². The van der Waals surface area contributed by atoms with E-state index in [1.807, 2.05) is 0 Å². The van der Waals surface area contributed by atoms with Gasteiger partial charge in [0.1, 0.15) is 12.4 Å². The van der Waals surface area contributed by atoms with Gasteiger partial charge in [-0.1, -0.05) is 124 Å². The maximum atomic E-state index is 2.57. The van der Waals surface area contributed by atoms with Crippen molar-refractivity contribution in [3.8, 4) is 0 Å². The second kappa shape index (κ2) is 22.0. The summed E-state index contributed by atoms with van der Waals surface area (Å²) in [6, 6.07) is 0. The van der Waals surface area contributed by atoms with Crippen molar-refractivity contribution in [3.05, 3.63) is 18.2 Å². The van der Waals surface area contributed by atoms with Gasteiger partial charge in [-0.05, 0) is 32.1 Å². The SMILES string of the molecule is CCCCCCCCCCCCCCC[n+]1ccn(CCCCCCCC)c1CCCC. The highest BCUT2D eigenvalue weighted by molar-refractivity contribution is 4.84. The van der Waals surface area contributed by atoms with Crippen LogP contribution in [0.25, 0.3) is 0 Å². The van der Waals surface area contributed by atoms with Gasteiger partial charge in [0.25, 0.3) is 5.82 Å². The Kier molecular flexibility index (Phi) is 20.1. The Morgan fingerprint density at radius 2 is 0.969 bits per heavy atom. The van der Waals surface area contributed by atoms with Crippen LogP contribution in [-0.2, 0) is 19.5 Å². The van der Waals surface area contributed by atoms with Crippen molar-refractivity contribution in [1.29, 1.82) is 0 Å². The van der Waals surface area contributed by atoms with Crippen LogP contribution in [0.5, 0.6) is 0 Å². The van der Waals surface area contributed by atoms with E-state index in [0.29, 0.717) is 0 Å². The van der Waals surface area contributed by atoms with Gasteiger partial charge >= 0.3 is 0 Å². The van der Waals surface area contributed by atoms with Crippen LogP contribution < -0.4 is 4.57 Å². The zero-order chi connectivity index (χ0) is 23.1. The van der Waals surface area contributed by atoms with Crippen LogP contribution in [0, 0.1) is 0 Å². The topological polar surface area (TPSA) is 8.81 Å². The number of hydrogen-bond donors (Lipinski definition) is 0. The Hall–Kier alpha value is -0.790. The molecule has 2 nitrogen and oxygen atoms in total. The van der Waals surface area contributed by atoms with Crippen LogP contribution >= 0.6 is 0 Å². The van der Waals surface area contributed by atoms with Gasteiger partial charge < -0.3 is 0 Å². The summed E-state index contributed by atoms with van der Waals surface area (Å²) < 4.78 is 5.14. The number of aromatic nitrogens is 2. The lowest BCUT2D eigenvalue weighted by molar-refractivity contribution is -0.704. The molecule has 1 aromatic heterocycles. The van der Waals surface area contributed by atoms with Gasteiger partial charge in [0.2, 0.25) is 0 Å². The quantitative estimate of drug-likeness (QED) is 0.110. The van der Waals surface area contributed by atoms with Crippen LogP contribution in [0.3, 0.4) is 0 Å². The zero-order valence-corrected chi connectivity index (χ0v) is 22.5. The number of aryl methyl sites for hydroxylation is 2. The molecule has 0 radical (unpaired) electrons. The van der Waals surface area contributed by atoms with E-state index in [0.717, 1.165) is 0 Å². The Morgan fingerprint density at radius 1 is 0.531 bits per heavy atom. The molecule has 188 valence electrons. The van der Waals surface area contributed by atoms with Crippen LogP contribution in [0.15, 0.2) is 12.4 Å². The van der Waals surface area contributed by atoms with Gasteiger partial charge in [0, 0.05) is 6.42 Å². The van der Waals surface area contributed by atoms with E-state index in [4.69, 9.17) is 0 Å². The Morgan fingerprint density at radius 3 is 1.47 bits per heavy atom. The Bertz CT molecular complexity index is 505. The van der Waals surface area contributed by atoms with Gasteiger partial charge in [-0.25, -0.2) is 9.13 Å². The molecule has 0 aliphatic heterocycles. The molecule has 0 bridgehead atoms. The molecule has 2 heteroatoms. The first kappa shape index (κ1) is 29.2. The summed E-state index contributed by atoms with van der Waals surface area (Å²) in [7, 11) is 0. The van der Waals surface area contributed by atoms with Crippen molar-refractivity contribution < 1.29 is 4.57 Å². The summed E-state index contributed by atoms with van der Waals surface area (Å²) in [5.41, 5.74) is 0. The number of hydrogen-bond acceptors (Lipinski definition) is 0. The van der Waals surface area contributed by atoms with E-state index in [1.165, 1.54) is 154 Å². The summed E-state index contributed by atoms with van der Waals surface area (Å²) in [4.78, 5) is 0. The molecule has 0 unspecified atom stereocenters. The summed E-state index contributed by atoms with van der Waals surface area (Å²) in [5, 5.41) is 0. The molecular formula is C30H59N2+. The average Bonchev–Trinajstić information content (AvgIpc) is 3.19. The fraction of sp³-hybridized carbons (Fsp3) is 0.900. The van der Waals surface area contributed by atoms with Crippen LogP contribution in [0.4, 0.5) is 0 Å². The summed E-state index contributed by atoms with van der Waals surface area (Å²) in [6.45, 7) is 9.36. The Labute approximate surface area is 202 Å². The monoisotopic (exact) mass is 447 g/mol. The molecule has 1 rings (SSSR count). The molecular weight excluding hydrogens is 388 g/mol. The lowest BCUT2D eigenvalue weighted by Crippen LogP contribution is -2.37. The predicted molar refractivity (Wildman–Crippen MR) is 142 cm³/mol. The standard InChI is InChI=1S/C30H59N2/c1-4-7-10-12-14-15-16-17-18-19-20-22-24-27-32-29-28-31(30(32)25-9-6-3)26-23-21-13-11-8-5-2/h28-29H,4-27H2,1-3H3/q+1. The maximum absolute atomic E-state index is 2.57. The first-order valence-corrected chi connectivity index (χ1v) is 14.9. The third-order valence-electron chi connectivity index (χ3n) is 7.10. The summed E-state index contributed by atoms with van der Waals surface area (Å²) >= 11 is 0. The third-order valence-corrected chi connectivity index (χ3v) is 7.10. The largest absolute Gasteiger partial charge is 0.256 e. The first-order valence-electron chi connectivity index (χ1n) is 14.9. The highest BCUT2D eigenvalue weighted by Gasteiger charge is 2.16. The van der Waals surface area contributed by atoms with Gasteiger partial charge in [-0.3, -0.25) is 0 Å². The zero-order valence-electron chi connectivity index (χ0n) is 22.5. The van der Waals surface area contributed by atoms with Crippen LogP contribution in [0.2, 0.25) is 0 Å². The van der Waals surface area contributed by atoms with Crippen molar-refractivity contribution in [1.82, 2.24) is 4.57 Å². The molecule has 0 spiro atoms. The number of nitrogens with zero attached hydrogens (tertiary/aromatic N) is 2. The van der Waals surface area contributed by atoms with E-state index >= 15 is 0 Å². The smallest absolute Gasteiger partial charge is 0.234 e. The molecule has 0 amide bonds. The molecule has 0 atom stereocenters. The predicted octanol–water partition coefficient (Wildman–Crippen LogP) is 9.57. The fourth-order valence-electron chi connectivity index (χ4n) is 4.89. The molecule has 0 aliphatic carbocycles. The fourth-order valence-corrected chi connectivity index (χ4v) is 4.89. The van der Waals surface area contributed by atoms with Crippen molar-refractivity contribution in [2.45, 2.75) is 175 Å². The molecule has 32 heavy (non-hydrogen) atoms. The van der Waals surface area contributed by atoms with E-state index in [2.05, 4.69) is 42.3 Å². The molecule has 1 heterocycles. The maximum Gasteiger partial charge on any atom is 0.256 e. The number of imidazole rings is 1.